The average Bonchev–Trinajstić information content (AvgIpc) is 2.72. The van der Waals surface area contributed by atoms with Crippen molar-refractivity contribution >= 4 is 11.6 Å². The van der Waals surface area contributed by atoms with Gasteiger partial charge in [0, 0.05) is 11.6 Å². The third kappa shape index (κ3) is 1.66. The van der Waals surface area contributed by atoms with E-state index in [0.717, 1.165) is 36.4 Å². The summed E-state index contributed by atoms with van der Waals surface area (Å²) in [6.07, 6.45) is 6.00. The zero-order chi connectivity index (χ0) is 10.1. The fourth-order valence-corrected chi connectivity index (χ4v) is 2.45. The van der Waals surface area contributed by atoms with Gasteiger partial charge in [-0.25, -0.2) is 0 Å². The number of rotatable bonds is 2. The molecule has 0 amide bonds. The maximum atomic E-state index is 6.21. The molecule has 78 valence electrons. The van der Waals surface area contributed by atoms with Crippen LogP contribution < -0.4 is 5.73 Å². The van der Waals surface area contributed by atoms with Crippen LogP contribution in [0.5, 0.6) is 0 Å². The maximum Gasteiger partial charge on any atom is 0.130 e. The number of aromatic nitrogens is 2. The van der Waals surface area contributed by atoms with Gasteiger partial charge < -0.3 is 5.73 Å². The Morgan fingerprint density at radius 3 is 2.93 bits per heavy atom. The van der Waals surface area contributed by atoms with E-state index in [1.165, 1.54) is 0 Å². The molecular weight excluding hydrogens is 198 g/mol. The molecule has 0 aliphatic heterocycles. The highest BCUT2D eigenvalue weighted by molar-refractivity contribution is 6.30. The molecule has 1 heterocycles. The Balaban J connectivity index is 2.20. The van der Waals surface area contributed by atoms with Gasteiger partial charge in [-0.2, -0.15) is 5.10 Å². The summed E-state index contributed by atoms with van der Waals surface area (Å²) in [6, 6.07) is 0.739. The zero-order valence-corrected chi connectivity index (χ0v) is 9.17. The first-order chi connectivity index (χ1) is 6.72. The summed E-state index contributed by atoms with van der Waals surface area (Å²) in [5, 5.41) is 5.13. The normalized spacial score (nSPS) is 27.1. The summed E-state index contributed by atoms with van der Waals surface area (Å²) in [4.78, 5) is 0. The number of nitrogens with zero attached hydrogens (tertiary/aromatic N) is 2. The van der Waals surface area contributed by atoms with E-state index in [2.05, 4.69) is 12.0 Å². The lowest BCUT2D eigenvalue weighted by Gasteiger charge is -2.11. The quantitative estimate of drug-likeness (QED) is 0.818. The van der Waals surface area contributed by atoms with Crippen molar-refractivity contribution in [3.8, 4) is 0 Å². The Bertz CT molecular complexity index is 321. The molecule has 2 atom stereocenters. The molecule has 1 fully saturated rings. The molecule has 2 N–H and O–H groups in total. The Labute approximate surface area is 89.2 Å². The fraction of sp³-hybridized carbons (Fsp3) is 0.700. The monoisotopic (exact) mass is 213 g/mol. The molecule has 0 bridgehead atoms. The summed E-state index contributed by atoms with van der Waals surface area (Å²) in [5.41, 5.74) is 7.00. The Hall–Kier alpha value is -0.540. The van der Waals surface area contributed by atoms with E-state index >= 15 is 0 Å². The van der Waals surface area contributed by atoms with Crippen molar-refractivity contribution in [2.24, 2.45) is 5.73 Å². The van der Waals surface area contributed by atoms with Gasteiger partial charge in [-0.3, -0.25) is 4.68 Å². The van der Waals surface area contributed by atoms with E-state index in [1.807, 2.05) is 10.9 Å². The molecular formula is C10H16ClN3. The molecule has 2 unspecified atom stereocenters. The summed E-state index contributed by atoms with van der Waals surface area (Å²) in [7, 11) is 0. The van der Waals surface area contributed by atoms with Gasteiger partial charge in [-0.1, -0.05) is 18.5 Å². The molecule has 3 nitrogen and oxygen atoms in total. The van der Waals surface area contributed by atoms with E-state index in [0.29, 0.717) is 12.1 Å². The number of aryl methyl sites for hydroxylation is 1. The average molecular weight is 214 g/mol. The highest BCUT2D eigenvalue weighted by Gasteiger charge is 2.25. The van der Waals surface area contributed by atoms with Crippen LogP contribution in [0.25, 0.3) is 0 Å². The first-order valence-corrected chi connectivity index (χ1v) is 5.57. The number of nitrogens with two attached hydrogens (primary N) is 1. The van der Waals surface area contributed by atoms with Gasteiger partial charge in [0.2, 0.25) is 0 Å². The van der Waals surface area contributed by atoms with Crippen LogP contribution in [0, 0.1) is 0 Å². The molecule has 1 aromatic heterocycles. The number of hydrogen-bond donors (Lipinski definition) is 1. The molecule has 1 aromatic rings. The second-order valence-corrected chi connectivity index (χ2v) is 4.34. The highest BCUT2D eigenvalue weighted by Crippen LogP contribution is 2.31. The summed E-state index contributed by atoms with van der Waals surface area (Å²) in [6.45, 7) is 2.09. The Morgan fingerprint density at radius 2 is 2.43 bits per heavy atom. The predicted molar refractivity (Wildman–Crippen MR) is 57.5 cm³/mol. The van der Waals surface area contributed by atoms with Crippen molar-refractivity contribution in [3.63, 3.8) is 0 Å². The number of hydrogen-bond acceptors (Lipinski definition) is 2. The molecule has 0 aromatic carbocycles. The molecule has 1 aliphatic rings. The van der Waals surface area contributed by atoms with Crippen molar-refractivity contribution in [1.29, 1.82) is 0 Å². The van der Waals surface area contributed by atoms with Crippen LogP contribution in [0.4, 0.5) is 0 Å². The molecule has 0 saturated heterocycles. The molecule has 1 saturated carbocycles. The van der Waals surface area contributed by atoms with Crippen molar-refractivity contribution in [1.82, 2.24) is 9.78 Å². The van der Waals surface area contributed by atoms with Crippen molar-refractivity contribution < 1.29 is 0 Å². The molecule has 1 aliphatic carbocycles. The minimum absolute atomic E-state index is 0.324. The van der Waals surface area contributed by atoms with E-state index < -0.39 is 0 Å². The Morgan fingerprint density at radius 1 is 1.64 bits per heavy atom. The van der Waals surface area contributed by atoms with Gasteiger partial charge in [0.05, 0.1) is 12.2 Å². The second kappa shape index (κ2) is 3.91. The minimum Gasteiger partial charge on any atom is -0.328 e. The molecule has 0 radical (unpaired) electrons. The van der Waals surface area contributed by atoms with Crippen molar-refractivity contribution in [3.05, 3.63) is 16.9 Å². The summed E-state index contributed by atoms with van der Waals surface area (Å²) in [5.74, 6) is 0. The molecule has 14 heavy (non-hydrogen) atoms. The fourth-order valence-electron chi connectivity index (χ4n) is 2.09. The van der Waals surface area contributed by atoms with Gasteiger partial charge in [0.25, 0.3) is 0 Å². The van der Waals surface area contributed by atoms with E-state index in [9.17, 15) is 0 Å². The van der Waals surface area contributed by atoms with Crippen LogP contribution >= 0.6 is 11.6 Å². The van der Waals surface area contributed by atoms with Crippen LogP contribution in [0.15, 0.2) is 6.20 Å². The van der Waals surface area contributed by atoms with E-state index in [-0.39, 0.29) is 0 Å². The van der Waals surface area contributed by atoms with Crippen LogP contribution in [-0.2, 0) is 6.42 Å². The minimum atomic E-state index is 0.324. The van der Waals surface area contributed by atoms with E-state index in [4.69, 9.17) is 17.3 Å². The van der Waals surface area contributed by atoms with Crippen LogP contribution in [0.2, 0.25) is 5.15 Å². The SMILES string of the molecule is CCc1cnn(C2CCC(N)C2)c1Cl. The third-order valence-corrected chi connectivity index (χ3v) is 3.39. The topological polar surface area (TPSA) is 43.8 Å². The van der Waals surface area contributed by atoms with Crippen LogP contribution in [-0.4, -0.2) is 15.8 Å². The zero-order valence-electron chi connectivity index (χ0n) is 8.41. The molecule has 4 heteroatoms. The second-order valence-electron chi connectivity index (χ2n) is 3.99. The summed E-state index contributed by atoms with van der Waals surface area (Å²) >= 11 is 6.21. The maximum absolute atomic E-state index is 6.21. The standard InChI is InChI=1S/C10H16ClN3/c1-2-7-6-13-14(10(7)11)9-4-3-8(12)5-9/h6,8-9H,2-5,12H2,1H3. The van der Waals surface area contributed by atoms with Gasteiger partial charge in [0.15, 0.2) is 0 Å². The lowest BCUT2D eigenvalue weighted by Crippen LogP contribution is -2.16. The first-order valence-electron chi connectivity index (χ1n) is 5.19. The first kappa shape index (κ1) is 9.99. The Kier molecular flexibility index (Phi) is 2.79. The lowest BCUT2D eigenvalue weighted by molar-refractivity contribution is 0.461. The van der Waals surface area contributed by atoms with Crippen LogP contribution in [0.3, 0.4) is 0 Å². The van der Waals surface area contributed by atoms with Crippen molar-refractivity contribution in [2.45, 2.75) is 44.7 Å². The largest absolute Gasteiger partial charge is 0.328 e. The smallest absolute Gasteiger partial charge is 0.130 e. The van der Waals surface area contributed by atoms with Crippen LogP contribution in [0.1, 0.15) is 37.8 Å². The molecule has 2 rings (SSSR count). The lowest BCUT2D eigenvalue weighted by atomic mass is 10.2. The van der Waals surface area contributed by atoms with Gasteiger partial charge in [-0.05, 0) is 25.7 Å². The highest BCUT2D eigenvalue weighted by atomic mass is 35.5. The van der Waals surface area contributed by atoms with Gasteiger partial charge >= 0.3 is 0 Å². The van der Waals surface area contributed by atoms with Gasteiger partial charge in [-0.15, -0.1) is 0 Å². The predicted octanol–water partition coefficient (Wildman–Crippen LogP) is 2.15. The summed E-state index contributed by atoms with van der Waals surface area (Å²) < 4.78 is 1.94. The third-order valence-electron chi connectivity index (χ3n) is 2.98. The number of halogens is 1. The van der Waals surface area contributed by atoms with Crippen molar-refractivity contribution in [2.75, 3.05) is 0 Å². The van der Waals surface area contributed by atoms with E-state index in [1.54, 1.807) is 0 Å². The molecule has 0 spiro atoms. The van der Waals surface area contributed by atoms with Gasteiger partial charge in [0.1, 0.15) is 5.15 Å².